The summed E-state index contributed by atoms with van der Waals surface area (Å²) in [6, 6.07) is 10.5. The number of benzene rings is 1. The van der Waals surface area contributed by atoms with Gasteiger partial charge in [0.15, 0.2) is 5.82 Å². The molecule has 0 aliphatic carbocycles. The Kier molecular flexibility index (Phi) is 5.85. The fourth-order valence-electron chi connectivity index (χ4n) is 4.10. The van der Waals surface area contributed by atoms with Crippen molar-refractivity contribution in [1.29, 1.82) is 0 Å². The summed E-state index contributed by atoms with van der Waals surface area (Å²) in [5.41, 5.74) is 5.66. The largest absolute Gasteiger partial charge is 0.481 e. The Bertz CT molecular complexity index is 1000. The quantitative estimate of drug-likeness (QED) is 0.526. The van der Waals surface area contributed by atoms with Gasteiger partial charge in [0.25, 0.3) is 0 Å². The summed E-state index contributed by atoms with van der Waals surface area (Å²) in [5.74, 6) is -1.19. The minimum absolute atomic E-state index is 0.241. The van der Waals surface area contributed by atoms with Crippen LogP contribution in [-0.4, -0.2) is 36.7 Å². The van der Waals surface area contributed by atoms with Crippen LogP contribution in [0.25, 0.3) is 11.1 Å². The number of aromatic amines is 1. The number of carbonyl (C=O) groups is 1. The third-order valence-electron chi connectivity index (χ3n) is 5.65. The standard InChI is InChI=1S/C22H26N6O2/c1-13(2)7-20(22(29)30)19(21-25-27-28-26-21)9-18-6-5-16(12-24-18)14-3-4-15-10-23-11-17(15)8-14/h3-6,8,12-13,19-20,23H,7,9-11H2,1-2H3,(H,29,30)(H,25,26,27,28)/t19-,20-/m0/s1. The van der Waals surface area contributed by atoms with Crippen molar-refractivity contribution in [2.24, 2.45) is 11.8 Å². The zero-order valence-corrected chi connectivity index (χ0v) is 17.2. The molecule has 156 valence electrons. The summed E-state index contributed by atoms with van der Waals surface area (Å²) < 4.78 is 0. The molecule has 1 aromatic carbocycles. The van der Waals surface area contributed by atoms with Gasteiger partial charge in [0.1, 0.15) is 0 Å². The maximum atomic E-state index is 12.0. The molecular weight excluding hydrogens is 380 g/mol. The average molecular weight is 406 g/mol. The van der Waals surface area contributed by atoms with E-state index in [9.17, 15) is 9.90 Å². The molecule has 3 N–H and O–H groups in total. The molecule has 0 saturated heterocycles. The number of carboxylic acids is 1. The van der Waals surface area contributed by atoms with E-state index in [1.54, 1.807) is 0 Å². The molecule has 2 aromatic heterocycles. The predicted octanol–water partition coefficient (Wildman–Crippen LogP) is 2.94. The maximum Gasteiger partial charge on any atom is 0.307 e. The Labute approximate surface area is 175 Å². The van der Waals surface area contributed by atoms with Gasteiger partial charge in [0.2, 0.25) is 0 Å². The van der Waals surface area contributed by atoms with Crippen LogP contribution in [0, 0.1) is 11.8 Å². The number of nitrogens with one attached hydrogen (secondary N) is 2. The van der Waals surface area contributed by atoms with Gasteiger partial charge in [-0.1, -0.05) is 37.3 Å². The second-order valence-corrected chi connectivity index (χ2v) is 8.28. The lowest BCUT2D eigenvalue weighted by atomic mass is 9.82. The summed E-state index contributed by atoms with van der Waals surface area (Å²) >= 11 is 0. The van der Waals surface area contributed by atoms with E-state index < -0.39 is 17.8 Å². The molecule has 0 bridgehead atoms. The molecule has 30 heavy (non-hydrogen) atoms. The molecule has 0 amide bonds. The number of hydrogen-bond acceptors (Lipinski definition) is 6. The lowest BCUT2D eigenvalue weighted by Gasteiger charge is -2.22. The Morgan fingerprint density at radius 2 is 1.93 bits per heavy atom. The molecule has 0 fully saturated rings. The zero-order valence-electron chi connectivity index (χ0n) is 17.2. The molecule has 1 aliphatic rings. The number of fused-ring (bicyclic) bond motifs is 1. The van der Waals surface area contributed by atoms with Gasteiger partial charge in [-0.15, -0.1) is 10.2 Å². The van der Waals surface area contributed by atoms with Crippen LogP contribution in [0.2, 0.25) is 0 Å². The van der Waals surface area contributed by atoms with E-state index >= 15 is 0 Å². The van der Waals surface area contributed by atoms with Gasteiger partial charge < -0.3 is 10.4 Å². The van der Waals surface area contributed by atoms with Gasteiger partial charge in [-0.3, -0.25) is 9.78 Å². The molecule has 3 aromatic rings. The second-order valence-electron chi connectivity index (χ2n) is 8.28. The van der Waals surface area contributed by atoms with Crippen LogP contribution >= 0.6 is 0 Å². The maximum absolute atomic E-state index is 12.0. The number of carboxylic acid groups (broad SMARTS) is 1. The molecule has 0 saturated carbocycles. The number of nitrogens with zero attached hydrogens (tertiary/aromatic N) is 4. The average Bonchev–Trinajstić information content (AvgIpc) is 3.42. The van der Waals surface area contributed by atoms with Crippen molar-refractivity contribution in [2.45, 2.75) is 45.7 Å². The number of tetrazole rings is 1. The third kappa shape index (κ3) is 4.38. The summed E-state index contributed by atoms with van der Waals surface area (Å²) in [6.07, 6.45) is 2.83. The SMILES string of the molecule is CC(C)C[C@H](C(=O)O)[C@H](Cc1ccc(-c2ccc3c(c2)CNC3)cn1)c1nn[nH]n1. The first-order valence-corrected chi connectivity index (χ1v) is 10.2. The van der Waals surface area contributed by atoms with Crippen LogP contribution in [0.4, 0.5) is 0 Å². The van der Waals surface area contributed by atoms with Crippen LogP contribution in [0.3, 0.4) is 0 Å². The highest BCUT2D eigenvalue weighted by atomic mass is 16.4. The van der Waals surface area contributed by atoms with Gasteiger partial charge in [-0.2, -0.15) is 5.21 Å². The molecule has 3 heterocycles. The minimum Gasteiger partial charge on any atom is -0.481 e. The van der Waals surface area contributed by atoms with Crippen molar-refractivity contribution in [1.82, 2.24) is 30.9 Å². The van der Waals surface area contributed by atoms with E-state index in [-0.39, 0.29) is 5.92 Å². The predicted molar refractivity (Wildman–Crippen MR) is 111 cm³/mol. The van der Waals surface area contributed by atoms with Crippen molar-refractivity contribution in [3.05, 3.63) is 59.2 Å². The second kappa shape index (κ2) is 8.71. The van der Waals surface area contributed by atoms with Crippen LogP contribution in [0.5, 0.6) is 0 Å². The molecule has 1 aliphatic heterocycles. The lowest BCUT2D eigenvalue weighted by molar-refractivity contribution is -0.143. The molecule has 4 rings (SSSR count). The highest BCUT2D eigenvalue weighted by Crippen LogP contribution is 2.31. The minimum atomic E-state index is -0.845. The van der Waals surface area contributed by atoms with Gasteiger partial charge in [0, 0.05) is 42.9 Å². The highest BCUT2D eigenvalue weighted by molar-refractivity contribution is 5.71. The number of pyridine rings is 1. The Morgan fingerprint density at radius 1 is 1.13 bits per heavy atom. The monoisotopic (exact) mass is 406 g/mol. The highest BCUT2D eigenvalue weighted by Gasteiger charge is 2.33. The number of aliphatic carboxylic acids is 1. The van der Waals surface area contributed by atoms with E-state index in [4.69, 9.17) is 0 Å². The van der Waals surface area contributed by atoms with E-state index in [1.807, 2.05) is 32.2 Å². The number of H-pyrrole nitrogens is 1. The molecular formula is C22H26N6O2. The van der Waals surface area contributed by atoms with Crippen molar-refractivity contribution < 1.29 is 9.90 Å². The normalized spacial score (nSPS) is 15.2. The molecule has 0 radical (unpaired) electrons. The van der Waals surface area contributed by atoms with Gasteiger partial charge in [-0.25, -0.2) is 0 Å². The third-order valence-corrected chi connectivity index (χ3v) is 5.65. The molecule has 8 nitrogen and oxygen atoms in total. The molecule has 8 heteroatoms. The van der Waals surface area contributed by atoms with Gasteiger partial charge in [0.05, 0.1) is 5.92 Å². The molecule has 0 unspecified atom stereocenters. The van der Waals surface area contributed by atoms with Crippen molar-refractivity contribution in [3.8, 4) is 11.1 Å². The Hall–Kier alpha value is -3.13. The smallest absolute Gasteiger partial charge is 0.307 e. The van der Waals surface area contributed by atoms with Crippen LogP contribution in [0.15, 0.2) is 36.5 Å². The zero-order chi connectivity index (χ0) is 21.1. The fraction of sp³-hybridized carbons (Fsp3) is 0.409. The first kappa shape index (κ1) is 20.2. The van der Waals surface area contributed by atoms with E-state index in [2.05, 4.69) is 49.1 Å². The first-order valence-electron chi connectivity index (χ1n) is 10.2. The number of aromatic nitrogens is 5. The summed E-state index contributed by atoms with van der Waals surface area (Å²) in [5, 5.41) is 27.4. The molecule has 0 spiro atoms. The van der Waals surface area contributed by atoms with Gasteiger partial charge in [-0.05, 0) is 41.2 Å². The summed E-state index contributed by atoms with van der Waals surface area (Å²) in [7, 11) is 0. The van der Waals surface area contributed by atoms with E-state index in [0.717, 1.165) is 29.9 Å². The topological polar surface area (TPSA) is 117 Å². The van der Waals surface area contributed by atoms with Gasteiger partial charge >= 0.3 is 5.97 Å². The summed E-state index contributed by atoms with van der Waals surface area (Å²) in [4.78, 5) is 16.6. The Morgan fingerprint density at radius 3 is 2.60 bits per heavy atom. The molecule has 2 atom stereocenters. The Balaban J connectivity index is 1.57. The van der Waals surface area contributed by atoms with Crippen LogP contribution in [-0.2, 0) is 24.3 Å². The van der Waals surface area contributed by atoms with Crippen molar-refractivity contribution in [3.63, 3.8) is 0 Å². The lowest BCUT2D eigenvalue weighted by Crippen LogP contribution is -2.26. The summed E-state index contributed by atoms with van der Waals surface area (Å²) in [6.45, 7) is 5.85. The van der Waals surface area contributed by atoms with E-state index in [0.29, 0.717) is 18.7 Å². The van der Waals surface area contributed by atoms with E-state index in [1.165, 1.54) is 11.1 Å². The van der Waals surface area contributed by atoms with Crippen LogP contribution in [0.1, 0.15) is 48.8 Å². The van der Waals surface area contributed by atoms with Crippen LogP contribution < -0.4 is 5.32 Å². The van der Waals surface area contributed by atoms with Crippen molar-refractivity contribution >= 4 is 5.97 Å². The van der Waals surface area contributed by atoms with Crippen molar-refractivity contribution in [2.75, 3.05) is 0 Å². The number of hydrogen-bond donors (Lipinski definition) is 3. The first-order chi connectivity index (χ1) is 14.5. The fourth-order valence-corrected chi connectivity index (χ4v) is 4.10. The number of rotatable bonds is 8.